The first-order valence-electron chi connectivity index (χ1n) is 6.79. The summed E-state index contributed by atoms with van der Waals surface area (Å²) in [6.07, 6.45) is 1.67. The van der Waals surface area contributed by atoms with E-state index in [2.05, 4.69) is 11.8 Å². The Bertz CT molecular complexity index is 667. The minimum atomic E-state index is -0.241. The maximum atomic E-state index is 14.1. The molecule has 2 rings (SSSR count). The van der Waals surface area contributed by atoms with Crippen LogP contribution >= 0.6 is 0 Å². The second kappa shape index (κ2) is 7.07. The third kappa shape index (κ3) is 4.19. The summed E-state index contributed by atoms with van der Waals surface area (Å²) in [5, 5.41) is 0. The monoisotopic (exact) mass is 286 g/mol. The van der Waals surface area contributed by atoms with Crippen LogP contribution in [-0.2, 0) is 13.1 Å². The van der Waals surface area contributed by atoms with Crippen LogP contribution in [0.1, 0.15) is 22.5 Å². The van der Waals surface area contributed by atoms with Gasteiger partial charge in [-0.2, -0.15) is 0 Å². The summed E-state index contributed by atoms with van der Waals surface area (Å²) in [7, 11) is 1.95. The molecule has 0 bridgehead atoms. The van der Waals surface area contributed by atoms with Crippen molar-refractivity contribution in [3.8, 4) is 11.8 Å². The standard InChI is InChI=1S/C17H19FN2O/c1-13-15(7-9-21-13)11-20(2)12-16-6-5-14(4-3-8-19)10-17(16)18/h5-7,9-10H,8,11-12,19H2,1-2H3. The van der Waals surface area contributed by atoms with Gasteiger partial charge in [0.05, 0.1) is 12.8 Å². The van der Waals surface area contributed by atoms with E-state index < -0.39 is 0 Å². The lowest BCUT2D eigenvalue weighted by molar-refractivity contribution is 0.311. The number of nitrogens with zero attached hydrogens (tertiary/aromatic N) is 1. The molecule has 3 nitrogen and oxygen atoms in total. The minimum Gasteiger partial charge on any atom is -0.469 e. The van der Waals surface area contributed by atoms with Crippen molar-refractivity contribution in [3.63, 3.8) is 0 Å². The molecule has 1 aromatic heterocycles. The summed E-state index contributed by atoms with van der Waals surface area (Å²) in [5.41, 5.74) is 7.72. The van der Waals surface area contributed by atoms with Crippen molar-refractivity contribution in [2.24, 2.45) is 5.73 Å². The van der Waals surface area contributed by atoms with Crippen LogP contribution in [0.4, 0.5) is 4.39 Å². The second-order valence-corrected chi connectivity index (χ2v) is 4.99. The van der Waals surface area contributed by atoms with Crippen LogP contribution in [0, 0.1) is 24.6 Å². The Morgan fingerprint density at radius 2 is 2.00 bits per heavy atom. The predicted octanol–water partition coefficient (Wildman–Crippen LogP) is 2.67. The molecule has 0 aliphatic carbocycles. The molecule has 1 aromatic carbocycles. The van der Waals surface area contributed by atoms with E-state index >= 15 is 0 Å². The molecule has 1 heterocycles. The summed E-state index contributed by atoms with van der Waals surface area (Å²) >= 11 is 0. The van der Waals surface area contributed by atoms with Crippen molar-refractivity contribution in [1.82, 2.24) is 4.90 Å². The Morgan fingerprint density at radius 1 is 1.24 bits per heavy atom. The van der Waals surface area contributed by atoms with Gasteiger partial charge in [-0.3, -0.25) is 4.90 Å². The van der Waals surface area contributed by atoms with Gasteiger partial charge in [-0.15, -0.1) is 0 Å². The quantitative estimate of drug-likeness (QED) is 0.879. The van der Waals surface area contributed by atoms with E-state index in [4.69, 9.17) is 10.2 Å². The van der Waals surface area contributed by atoms with Gasteiger partial charge in [-0.05, 0) is 32.2 Å². The largest absolute Gasteiger partial charge is 0.469 e. The molecule has 0 aliphatic rings. The molecule has 4 heteroatoms. The molecule has 0 saturated carbocycles. The Morgan fingerprint density at radius 3 is 2.62 bits per heavy atom. The van der Waals surface area contributed by atoms with Crippen molar-refractivity contribution in [1.29, 1.82) is 0 Å². The van der Waals surface area contributed by atoms with E-state index in [1.807, 2.05) is 31.0 Å². The van der Waals surface area contributed by atoms with Crippen molar-refractivity contribution < 1.29 is 8.81 Å². The molecule has 0 radical (unpaired) electrons. The van der Waals surface area contributed by atoms with E-state index in [0.29, 0.717) is 17.7 Å². The SMILES string of the molecule is Cc1occc1CN(C)Cc1ccc(C#CCN)cc1F. The van der Waals surface area contributed by atoms with Crippen LogP contribution in [0.25, 0.3) is 0 Å². The van der Waals surface area contributed by atoms with Gasteiger partial charge in [0.25, 0.3) is 0 Å². The zero-order valence-corrected chi connectivity index (χ0v) is 12.3. The van der Waals surface area contributed by atoms with Gasteiger partial charge in [-0.1, -0.05) is 17.9 Å². The van der Waals surface area contributed by atoms with Gasteiger partial charge >= 0.3 is 0 Å². The summed E-state index contributed by atoms with van der Waals surface area (Å²) in [5.74, 6) is 6.20. The summed E-state index contributed by atoms with van der Waals surface area (Å²) in [4.78, 5) is 2.04. The molecule has 0 spiro atoms. The van der Waals surface area contributed by atoms with Crippen LogP contribution in [0.15, 0.2) is 34.9 Å². The topological polar surface area (TPSA) is 42.4 Å². The predicted molar refractivity (Wildman–Crippen MR) is 80.9 cm³/mol. The lowest BCUT2D eigenvalue weighted by Gasteiger charge is -2.16. The zero-order chi connectivity index (χ0) is 15.2. The van der Waals surface area contributed by atoms with Crippen LogP contribution in [0.2, 0.25) is 0 Å². The van der Waals surface area contributed by atoms with Gasteiger partial charge in [0.15, 0.2) is 0 Å². The van der Waals surface area contributed by atoms with E-state index in [9.17, 15) is 4.39 Å². The molecule has 110 valence electrons. The number of halogens is 1. The van der Waals surface area contributed by atoms with Crippen LogP contribution in [0.3, 0.4) is 0 Å². The molecule has 0 atom stereocenters. The van der Waals surface area contributed by atoms with Crippen LogP contribution in [0.5, 0.6) is 0 Å². The first-order chi connectivity index (χ1) is 10.1. The molecule has 0 fully saturated rings. The first-order valence-corrected chi connectivity index (χ1v) is 6.79. The highest BCUT2D eigenvalue weighted by atomic mass is 19.1. The first kappa shape index (κ1) is 15.3. The molecule has 0 saturated heterocycles. The number of furan rings is 1. The average Bonchev–Trinajstić information content (AvgIpc) is 2.84. The number of rotatable bonds is 4. The Kier molecular flexibility index (Phi) is 5.15. The van der Waals surface area contributed by atoms with E-state index in [0.717, 1.165) is 17.9 Å². The van der Waals surface area contributed by atoms with E-state index in [1.54, 1.807) is 12.3 Å². The lowest BCUT2D eigenvalue weighted by Crippen LogP contribution is -2.18. The minimum absolute atomic E-state index is 0.241. The van der Waals surface area contributed by atoms with Crippen LogP contribution in [-0.4, -0.2) is 18.5 Å². The van der Waals surface area contributed by atoms with Crippen molar-refractivity contribution >= 4 is 0 Å². The average molecular weight is 286 g/mol. The van der Waals surface area contributed by atoms with Gasteiger partial charge in [0, 0.05) is 29.8 Å². The normalized spacial score (nSPS) is 10.5. The van der Waals surface area contributed by atoms with E-state index in [1.165, 1.54) is 6.07 Å². The zero-order valence-electron chi connectivity index (χ0n) is 12.3. The number of hydrogen-bond donors (Lipinski definition) is 1. The third-order valence-electron chi connectivity index (χ3n) is 3.23. The maximum Gasteiger partial charge on any atom is 0.128 e. The molecule has 2 N–H and O–H groups in total. The smallest absolute Gasteiger partial charge is 0.128 e. The molecule has 0 amide bonds. The van der Waals surface area contributed by atoms with Gasteiger partial charge in [-0.25, -0.2) is 4.39 Å². The highest BCUT2D eigenvalue weighted by Gasteiger charge is 2.09. The molecule has 0 aliphatic heterocycles. The van der Waals surface area contributed by atoms with Gasteiger partial charge in [0.1, 0.15) is 11.6 Å². The van der Waals surface area contributed by atoms with Crippen LogP contribution < -0.4 is 5.73 Å². The second-order valence-electron chi connectivity index (χ2n) is 4.99. The highest BCUT2D eigenvalue weighted by Crippen LogP contribution is 2.15. The number of hydrogen-bond acceptors (Lipinski definition) is 3. The molecular formula is C17H19FN2O. The lowest BCUT2D eigenvalue weighted by atomic mass is 10.1. The number of aryl methyl sites for hydroxylation is 1. The highest BCUT2D eigenvalue weighted by molar-refractivity contribution is 5.37. The maximum absolute atomic E-state index is 14.1. The third-order valence-corrected chi connectivity index (χ3v) is 3.23. The number of nitrogens with two attached hydrogens (primary N) is 1. The molecule has 0 unspecified atom stereocenters. The van der Waals surface area contributed by atoms with Crippen molar-refractivity contribution in [2.45, 2.75) is 20.0 Å². The summed E-state index contributed by atoms with van der Waals surface area (Å²) in [6.45, 7) is 3.45. The fourth-order valence-corrected chi connectivity index (χ4v) is 2.12. The van der Waals surface area contributed by atoms with Crippen molar-refractivity contribution in [2.75, 3.05) is 13.6 Å². The Balaban J connectivity index is 2.04. The number of benzene rings is 1. The Hall–Kier alpha value is -2.09. The fraction of sp³-hybridized carbons (Fsp3) is 0.294. The molecular weight excluding hydrogens is 267 g/mol. The molecule has 2 aromatic rings. The van der Waals surface area contributed by atoms with E-state index in [-0.39, 0.29) is 12.4 Å². The Labute approximate surface area is 124 Å². The van der Waals surface area contributed by atoms with Gasteiger partial charge < -0.3 is 10.2 Å². The fourth-order valence-electron chi connectivity index (χ4n) is 2.12. The van der Waals surface area contributed by atoms with Gasteiger partial charge in [0.2, 0.25) is 0 Å². The summed E-state index contributed by atoms with van der Waals surface area (Å²) < 4.78 is 19.3. The molecule has 21 heavy (non-hydrogen) atoms. The summed E-state index contributed by atoms with van der Waals surface area (Å²) in [6, 6.07) is 6.98. The van der Waals surface area contributed by atoms with Crippen molar-refractivity contribution in [3.05, 3.63) is 58.8 Å².